The number of hydrogen-bond donors (Lipinski definition) is 0. The summed E-state index contributed by atoms with van der Waals surface area (Å²) >= 11 is 1.82. The second-order valence-corrected chi connectivity index (χ2v) is 8.00. The van der Waals surface area contributed by atoms with Crippen molar-refractivity contribution in [1.29, 1.82) is 0 Å². The van der Waals surface area contributed by atoms with Crippen molar-refractivity contribution in [3.63, 3.8) is 0 Å². The Balaban J connectivity index is 1.79. The van der Waals surface area contributed by atoms with Crippen molar-refractivity contribution in [3.05, 3.63) is 21.9 Å². The van der Waals surface area contributed by atoms with Crippen LogP contribution in [0, 0.1) is 0 Å². The molecule has 0 N–H and O–H groups in total. The number of carbonyl (C=O) groups excluding carboxylic acids is 1. The minimum Gasteiger partial charge on any atom is -0.444 e. The number of ether oxygens (including phenoxy) is 1. The molecule has 0 bridgehead atoms. The van der Waals surface area contributed by atoms with Crippen LogP contribution in [0.1, 0.15) is 44.2 Å². The molecule has 3 rings (SSSR count). The van der Waals surface area contributed by atoms with E-state index >= 15 is 0 Å². The molecule has 4 nitrogen and oxygen atoms in total. The molecule has 3 heterocycles. The predicted molar refractivity (Wildman–Crippen MR) is 84.7 cm³/mol. The third-order valence-electron chi connectivity index (χ3n) is 4.22. The quantitative estimate of drug-likeness (QED) is 0.737. The Kier molecular flexibility index (Phi) is 3.74. The van der Waals surface area contributed by atoms with Crippen molar-refractivity contribution >= 4 is 17.4 Å². The van der Waals surface area contributed by atoms with Crippen LogP contribution in [0.3, 0.4) is 0 Å². The Labute approximate surface area is 130 Å². The van der Waals surface area contributed by atoms with Crippen molar-refractivity contribution in [2.75, 3.05) is 19.6 Å². The fourth-order valence-corrected chi connectivity index (χ4v) is 4.37. The van der Waals surface area contributed by atoms with Crippen LogP contribution in [0.4, 0.5) is 4.79 Å². The average molecular weight is 308 g/mol. The van der Waals surface area contributed by atoms with Crippen LogP contribution in [-0.4, -0.2) is 47.2 Å². The fourth-order valence-electron chi connectivity index (χ4n) is 3.30. The van der Waals surface area contributed by atoms with Gasteiger partial charge in [0, 0.05) is 30.6 Å². The zero-order valence-corrected chi connectivity index (χ0v) is 14.1. The summed E-state index contributed by atoms with van der Waals surface area (Å²) < 4.78 is 5.55. The van der Waals surface area contributed by atoms with Crippen LogP contribution in [-0.2, 0) is 11.2 Å². The van der Waals surface area contributed by atoms with E-state index < -0.39 is 5.60 Å². The highest BCUT2D eigenvalue weighted by Crippen LogP contribution is 2.38. The molecule has 0 aromatic carbocycles. The first kappa shape index (κ1) is 14.9. The minimum atomic E-state index is -0.432. The lowest BCUT2D eigenvalue weighted by molar-refractivity contribution is -0.0127. The van der Waals surface area contributed by atoms with Gasteiger partial charge in [0.2, 0.25) is 0 Å². The van der Waals surface area contributed by atoms with Gasteiger partial charge in [0.25, 0.3) is 0 Å². The molecule has 21 heavy (non-hydrogen) atoms. The molecular weight excluding hydrogens is 284 g/mol. The van der Waals surface area contributed by atoms with Gasteiger partial charge in [-0.3, -0.25) is 4.90 Å². The van der Waals surface area contributed by atoms with Crippen LogP contribution < -0.4 is 0 Å². The van der Waals surface area contributed by atoms with E-state index in [9.17, 15) is 4.79 Å². The maximum atomic E-state index is 12.4. The zero-order chi connectivity index (χ0) is 15.2. The first-order valence-electron chi connectivity index (χ1n) is 7.65. The summed E-state index contributed by atoms with van der Waals surface area (Å²) in [5.74, 6) is 0. The van der Waals surface area contributed by atoms with Gasteiger partial charge in [-0.15, -0.1) is 11.3 Å². The van der Waals surface area contributed by atoms with Gasteiger partial charge in [0.1, 0.15) is 5.60 Å². The molecular formula is C16H24N2O2S. The van der Waals surface area contributed by atoms with Crippen LogP contribution in [0.2, 0.25) is 0 Å². The van der Waals surface area contributed by atoms with Crippen LogP contribution in [0.5, 0.6) is 0 Å². The lowest BCUT2D eigenvalue weighted by atomic mass is 9.96. The molecule has 0 spiro atoms. The lowest BCUT2D eigenvalue weighted by Crippen LogP contribution is -2.57. The van der Waals surface area contributed by atoms with Crippen LogP contribution >= 0.6 is 11.3 Å². The number of amides is 1. The summed E-state index contributed by atoms with van der Waals surface area (Å²) in [5.41, 5.74) is 1.03. The molecule has 0 saturated carbocycles. The number of thiophene rings is 1. The maximum Gasteiger partial charge on any atom is 0.410 e. The average Bonchev–Trinajstić information content (AvgIpc) is 2.85. The summed E-state index contributed by atoms with van der Waals surface area (Å²) in [6, 6.07) is 2.95. The first-order valence-corrected chi connectivity index (χ1v) is 8.53. The summed E-state index contributed by atoms with van der Waals surface area (Å²) in [6.07, 6.45) is 0.948. The van der Waals surface area contributed by atoms with Gasteiger partial charge in [-0.1, -0.05) is 0 Å². The second kappa shape index (κ2) is 5.29. The van der Waals surface area contributed by atoms with Gasteiger partial charge in [0.05, 0.1) is 6.04 Å². The molecule has 2 aliphatic rings. The SMILES string of the molecule is CC1CN(C(=O)OC(C)(C)C)CC2c3sccc3CCN12. The van der Waals surface area contributed by atoms with Crippen molar-refractivity contribution in [3.8, 4) is 0 Å². The standard InChI is InChI=1S/C16H24N2O2S/c1-11-9-17(15(19)20-16(2,3)4)10-13-14-12(6-8-21-14)5-7-18(11)13/h6,8,11,13H,5,7,9-10H2,1-4H3. The Bertz CT molecular complexity index is 535. The van der Waals surface area contributed by atoms with E-state index in [2.05, 4.69) is 23.3 Å². The Morgan fingerprint density at radius 3 is 2.86 bits per heavy atom. The number of carbonyl (C=O) groups is 1. The van der Waals surface area contributed by atoms with Gasteiger partial charge in [-0.25, -0.2) is 4.79 Å². The normalized spacial score (nSPS) is 26.2. The highest BCUT2D eigenvalue weighted by atomic mass is 32.1. The summed E-state index contributed by atoms with van der Waals surface area (Å²) in [4.78, 5) is 18.2. The van der Waals surface area contributed by atoms with Gasteiger partial charge < -0.3 is 9.64 Å². The number of nitrogens with zero attached hydrogens (tertiary/aromatic N) is 2. The number of piperazine rings is 1. The lowest BCUT2D eigenvalue weighted by Gasteiger charge is -2.47. The first-order chi connectivity index (χ1) is 9.85. The van der Waals surface area contributed by atoms with E-state index in [1.54, 1.807) is 0 Å². The molecule has 1 fully saturated rings. The van der Waals surface area contributed by atoms with Gasteiger partial charge in [0.15, 0.2) is 0 Å². The minimum absolute atomic E-state index is 0.183. The monoisotopic (exact) mass is 308 g/mol. The summed E-state index contributed by atoms with van der Waals surface area (Å²) in [6.45, 7) is 10.6. The smallest absolute Gasteiger partial charge is 0.410 e. The van der Waals surface area contributed by atoms with E-state index in [0.29, 0.717) is 12.1 Å². The van der Waals surface area contributed by atoms with Crippen molar-refractivity contribution in [1.82, 2.24) is 9.80 Å². The van der Waals surface area contributed by atoms with E-state index in [-0.39, 0.29) is 6.09 Å². The predicted octanol–water partition coefficient (Wildman–Crippen LogP) is 3.29. The molecule has 0 radical (unpaired) electrons. The molecule has 1 aromatic heterocycles. The molecule has 1 amide bonds. The van der Waals surface area contributed by atoms with Crippen LogP contribution in [0.25, 0.3) is 0 Å². The highest BCUT2D eigenvalue weighted by molar-refractivity contribution is 7.10. The van der Waals surface area contributed by atoms with Crippen molar-refractivity contribution in [2.45, 2.75) is 51.8 Å². The molecule has 2 unspecified atom stereocenters. The van der Waals surface area contributed by atoms with Gasteiger partial charge >= 0.3 is 6.09 Å². The molecule has 1 saturated heterocycles. The highest BCUT2D eigenvalue weighted by Gasteiger charge is 2.39. The zero-order valence-electron chi connectivity index (χ0n) is 13.3. The maximum absolute atomic E-state index is 12.4. The number of rotatable bonds is 0. The molecule has 116 valence electrons. The second-order valence-electron chi connectivity index (χ2n) is 7.05. The molecule has 0 aliphatic carbocycles. The van der Waals surface area contributed by atoms with Crippen molar-refractivity contribution < 1.29 is 9.53 Å². The largest absolute Gasteiger partial charge is 0.444 e. The Morgan fingerprint density at radius 1 is 1.38 bits per heavy atom. The molecule has 2 atom stereocenters. The molecule has 5 heteroatoms. The van der Waals surface area contributed by atoms with Gasteiger partial charge in [-0.2, -0.15) is 0 Å². The summed E-state index contributed by atoms with van der Waals surface area (Å²) in [5, 5.41) is 2.17. The van der Waals surface area contributed by atoms with Crippen LogP contribution in [0.15, 0.2) is 11.4 Å². The van der Waals surface area contributed by atoms with Crippen molar-refractivity contribution in [2.24, 2.45) is 0 Å². The van der Waals surface area contributed by atoms with E-state index in [1.807, 2.05) is 37.0 Å². The van der Waals surface area contributed by atoms with E-state index in [1.165, 1.54) is 10.4 Å². The third kappa shape index (κ3) is 2.94. The molecule has 2 aliphatic heterocycles. The topological polar surface area (TPSA) is 32.8 Å². The van der Waals surface area contributed by atoms with Gasteiger partial charge in [-0.05, 0) is 51.1 Å². The summed E-state index contributed by atoms with van der Waals surface area (Å²) in [7, 11) is 0. The number of fused-ring (bicyclic) bond motifs is 3. The third-order valence-corrected chi connectivity index (χ3v) is 5.28. The van der Waals surface area contributed by atoms with E-state index in [4.69, 9.17) is 4.74 Å². The fraction of sp³-hybridized carbons (Fsp3) is 0.688. The molecule has 1 aromatic rings. The number of hydrogen-bond acceptors (Lipinski definition) is 4. The van der Waals surface area contributed by atoms with E-state index in [0.717, 1.165) is 26.1 Å². The Morgan fingerprint density at radius 2 is 2.14 bits per heavy atom. The Hall–Kier alpha value is -1.07.